The van der Waals surface area contributed by atoms with Crippen molar-refractivity contribution in [2.75, 3.05) is 11.5 Å². The number of benzene rings is 1. The van der Waals surface area contributed by atoms with Crippen LogP contribution in [0.2, 0.25) is 0 Å². The molecule has 0 spiro atoms. The number of rotatable bonds is 3. The molecule has 2 fully saturated rings. The first-order valence-corrected chi connectivity index (χ1v) is 8.15. The standard InChI is InChI=1S/C18H21NO4/c1-3-23-18(22)13-10-9-11(2)14-15(13)17(21)19(16(14)20)12-7-5-4-6-8-12/h4-8,11,13-15H,3,9-10H2,1-2H3/t11-,13+,14+,15+/m0/s1. The molecule has 2 amide bonds. The number of nitrogens with zero attached hydrogens (tertiary/aromatic N) is 1. The molecule has 1 aromatic carbocycles. The molecule has 0 unspecified atom stereocenters. The number of amides is 2. The second-order valence-corrected chi connectivity index (χ2v) is 6.31. The van der Waals surface area contributed by atoms with Crippen molar-refractivity contribution in [3.8, 4) is 0 Å². The molecule has 1 heterocycles. The number of hydrogen-bond donors (Lipinski definition) is 0. The van der Waals surface area contributed by atoms with Crippen molar-refractivity contribution in [2.24, 2.45) is 23.7 Å². The topological polar surface area (TPSA) is 63.7 Å². The van der Waals surface area contributed by atoms with Gasteiger partial charge < -0.3 is 4.74 Å². The zero-order chi connectivity index (χ0) is 16.6. The largest absolute Gasteiger partial charge is 0.466 e. The van der Waals surface area contributed by atoms with Crippen LogP contribution in [0.1, 0.15) is 26.7 Å². The van der Waals surface area contributed by atoms with Gasteiger partial charge in [0.1, 0.15) is 0 Å². The molecule has 23 heavy (non-hydrogen) atoms. The Bertz CT molecular complexity index is 627. The maximum atomic E-state index is 12.9. The van der Waals surface area contributed by atoms with Gasteiger partial charge in [-0.3, -0.25) is 19.3 Å². The first-order valence-electron chi connectivity index (χ1n) is 8.15. The summed E-state index contributed by atoms with van der Waals surface area (Å²) >= 11 is 0. The first-order chi connectivity index (χ1) is 11.1. The van der Waals surface area contributed by atoms with Gasteiger partial charge in [-0.05, 0) is 37.8 Å². The summed E-state index contributed by atoms with van der Waals surface area (Å²) in [6, 6.07) is 8.92. The van der Waals surface area contributed by atoms with Crippen LogP contribution in [0.25, 0.3) is 0 Å². The maximum absolute atomic E-state index is 12.9. The Morgan fingerprint density at radius 1 is 1.13 bits per heavy atom. The van der Waals surface area contributed by atoms with Crippen molar-refractivity contribution < 1.29 is 19.1 Å². The Labute approximate surface area is 135 Å². The third-order valence-corrected chi connectivity index (χ3v) is 4.98. The molecule has 0 aromatic heterocycles. The van der Waals surface area contributed by atoms with E-state index in [0.717, 1.165) is 6.42 Å². The summed E-state index contributed by atoms with van der Waals surface area (Å²) in [5, 5.41) is 0. The van der Waals surface area contributed by atoms with E-state index in [-0.39, 0.29) is 30.3 Å². The third kappa shape index (κ3) is 2.54. The highest BCUT2D eigenvalue weighted by Gasteiger charge is 2.57. The van der Waals surface area contributed by atoms with E-state index in [9.17, 15) is 14.4 Å². The second-order valence-electron chi connectivity index (χ2n) is 6.31. The fraction of sp³-hybridized carbons (Fsp3) is 0.500. The van der Waals surface area contributed by atoms with Gasteiger partial charge in [0.2, 0.25) is 11.8 Å². The number of imide groups is 1. The molecule has 1 aromatic rings. The number of carbonyl (C=O) groups is 3. The summed E-state index contributed by atoms with van der Waals surface area (Å²) in [5.74, 6) is -2.25. The summed E-state index contributed by atoms with van der Waals surface area (Å²) in [7, 11) is 0. The molecule has 5 nitrogen and oxygen atoms in total. The minimum absolute atomic E-state index is 0.0934. The lowest BCUT2D eigenvalue weighted by Gasteiger charge is -2.33. The van der Waals surface area contributed by atoms with Gasteiger partial charge in [-0.15, -0.1) is 0 Å². The maximum Gasteiger partial charge on any atom is 0.309 e. The normalized spacial score (nSPS) is 30.3. The predicted octanol–water partition coefficient (Wildman–Crippen LogP) is 2.40. The molecule has 0 N–H and O–H groups in total. The van der Waals surface area contributed by atoms with Crippen LogP contribution in [0.4, 0.5) is 5.69 Å². The van der Waals surface area contributed by atoms with Crippen LogP contribution in [0.5, 0.6) is 0 Å². The van der Waals surface area contributed by atoms with Crippen LogP contribution in [-0.4, -0.2) is 24.4 Å². The zero-order valence-electron chi connectivity index (χ0n) is 13.4. The van der Waals surface area contributed by atoms with E-state index in [1.807, 2.05) is 13.0 Å². The average molecular weight is 315 g/mol. The van der Waals surface area contributed by atoms with Crippen LogP contribution in [0, 0.1) is 23.7 Å². The van der Waals surface area contributed by atoms with E-state index in [4.69, 9.17) is 4.74 Å². The molecule has 1 saturated heterocycles. The highest BCUT2D eigenvalue weighted by atomic mass is 16.5. The van der Waals surface area contributed by atoms with Gasteiger partial charge in [0, 0.05) is 0 Å². The van der Waals surface area contributed by atoms with Crippen molar-refractivity contribution >= 4 is 23.5 Å². The first kappa shape index (κ1) is 15.7. The Balaban J connectivity index is 1.96. The molecule has 2 aliphatic rings. The molecule has 0 bridgehead atoms. The molecule has 3 rings (SSSR count). The molecule has 0 radical (unpaired) electrons. The van der Waals surface area contributed by atoms with E-state index < -0.39 is 17.8 Å². The molecule has 4 atom stereocenters. The van der Waals surface area contributed by atoms with E-state index in [2.05, 4.69) is 0 Å². The SMILES string of the molecule is CCOC(=O)[C@@H]1CC[C@H](C)[C@H]2C(=O)N(c3ccccc3)C(=O)[C@@H]21. The van der Waals surface area contributed by atoms with Crippen molar-refractivity contribution in [1.29, 1.82) is 0 Å². The predicted molar refractivity (Wildman–Crippen MR) is 84.4 cm³/mol. The minimum Gasteiger partial charge on any atom is -0.466 e. The van der Waals surface area contributed by atoms with Gasteiger partial charge in [-0.1, -0.05) is 25.1 Å². The van der Waals surface area contributed by atoms with E-state index >= 15 is 0 Å². The number of anilines is 1. The van der Waals surface area contributed by atoms with E-state index in [1.54, 1.807) is 31.2 Å². The third-order valence-electron chi connectivity index (χ3n) is 4.98. The lowest BCUT2D eigenvalue weighted by molar-refractivity contribution is -0.155. The number of esters is 1. The number of hydrogen-bond acceptors (Lipinski definition) is 4. The summed E-state index contributed by atoms with van der Waals surface area (Å²) < 4.78 is 5.13. The molecule has 5 heteroatoms. The monoisotopic (exact) mass is 315 g/mol. The number of fused-ring (bicyclic) bond motifs is 1. The molecular formula is C18H21NO4. The van der Waals surface area contributed by atoms with E-state index in [0.29, 0.717) is 12.1 Å². The molecular weight excluding hydrogens is 294 g/mol. The average Bonchev–Trinajstić information content (AvgIpc) is 2.81. The molecule has 1 aliphatic heterocycles. The lowest BCUT2D eigenvalue weighted by Crippen LogP contribution is -2.40. The summed E-state index contributed by atoms with van der Waals surface area (Å²) in [4.78, 5) is 39.2. The van der Waals surface area contributed by atoms with Crippen molar-refractivity contribution in [3.63, 3.8) is 0 Å². The number of para-hydroxylation sites is 1. The smallest absolute Gasteiger partial charge is 0.309 e. The molecule has 1 aliphatic carbocycles. The van der Waals surface area contributed by atoms with Gasteiger partial charge in [-0.25, -0.2) is 0 Å². The number of ether oxygens (including phenoxy) is 1. The van der Waals surface area contributed by atoms with Crippen LogP contribution in [0.15, 0.2) is 30.3 Å². The Morgan fingerprint density at radius 2 is 1.78 bits per heavy atom. The highest BCUT2D eigenvalue weighted by Crippen LogP contribution is 2.46. The van der Waals surface area contributed by atoms with Crippen LogP contribution < -0.4 is 4.90 Å². The Hall–Kier alpha value is -2.17. The summed E-state index contributed by atoms with van der Waals surface area (Å²) in [5.41, 5.74) is 0.576. The van der Waals surface area contributed by atoms with Gasteiger partial charge in [-0.2, -0.15) is 0 Å². The number of carbonyl (C=O) groups excluding carboxylic acids is 3. The van der Waals surface area contributed by atoms with Crippen molar-refractivity contribution in [2.45, 2.75) is 26.7 Å². The van der Waals surface area contributed by atoms with Crippen LogP contribution in [0.3, 0.4) is 0 Å². The zero-order valence-corrected chi connectivity index (χ0v) is 13.4. The van der Waals surface area contributed by atoms with Crippen LogP contribution >= 0.6 is 0 Å². The fourth-order valence-corrected chi connectivity index (χ4v) is 3.88. The molecule has 1 saturated carbocycles. The van der Waals surface area contributed by atoms with Crippen LogP contribution in [-0.2, 0) is 19.1 Å². The fourth-order valence-electron chi connectivity index (χ4n) is 3.88. The molecule has 122 valence electrons. The lowest BCUT2D eigenvalue weighted by atomic mass is 9.68. The van der Waals surface area contributed by atoms with Gasteiger partial charge in [0.05, 0.1) is 30.0 Å². The highest BCUT2D eigenvalue weighted by molar-refractivity contribution is 6.22. The van der Waals surface area contributed by atoms with Crippen molar-refractivity contribution in [3.05, 3.63) is 30.3 Å². The second kappa shape index (κ2) is 6.14. The quantitative estimate of drug-likeness (QED) is 0.635. The summed E-state index contributed by atoms with van der Waals surface area (Å²) in [6.07, 6.45) is 1.36. The van der Waals surface area contributed by atoms with Gasteiger partial charge >= 0.3 is 5.97 Å². The van der Waals surface area contributed by atoms with E-state index in [1.165, 1.54) is 4.90 Å². The Morgan fingerprint density at radius 3 is 2.43 bits per heavy atom. The van der Waals surface area contributed by atoms with Gasteiger partial charge in [0.15, 0.2) is 0 Å². The Kier molecular flexibility index (Phi) is 4.20. The van der Waals surface area contributed by atoms with Gasteiger partial charge in [0.25, 0.3) is 0 Å². The minimum atomic E-state index is -0.592. The van der Waals surface area contributed by atoms with Crippen molar-refractivity contribution in [1.82, 2.24) is 0 Å². The summed E-state index contributed by atoms with van der Waals surface area (Å²) in [6.45, 7) is 4.02.